The first-order valence-corrected chi connectivity index (χ1v) is 7.89. The lowest BCUT2D eigenvalue weighted by Crippen LogP contribution is -2.34. The van der Waals surface area contributed by atoms with E-state index >= 15 is 0 Å². The standard InChI is InChI=1S/C15H19N7O2/c1-9(23)12-5-10-7-21(3-4-22(10)19-12)8-13-17-14-11(15(24)18-13)6-16-20(14)2/h5-6,9,23H,3-4,7-8H2,1-2H3,(H,17,18,24). The Morgan fingerprint density at radius 1 is 1.42 bits per heavy atom. The van der Waals surface area contributed by atoms with Crippen molar-refractivity contribution in [3.8, 4) is 0 Å². The van der Waals surface area contributed by atoms with E-state index in [2.05, 4.69) is 25.1 Å². The fourth-order valence-corrected chi connectivity index (χ4v) is 3.05. The highest BCUT2D eigenvalue weighted by Gasteiger charge is 2.21. The molecular formula is C15H19N7O2. The molecule has 0 saturated heterocycles. The summed E-state index contributed by atoms with van der Waals surface area (Å²) in [6.45, 7) is 4.52. The molecule has 0 amide bonds. The Morgan fingerprint density at radius 3 is 3.04 bits per heavy atom. The number of hydrogen-bond acceptors (Lipinski definition) is 6. The van der Waals surface area contributed by atoms with Crippen molar-refractivity contribution < 1.29 is 5.11 Å². The molecule has 1 aliphatic heterocycles. The predicted molar refractivity (Wildman–Crippen MR) is 86.1 cm³/mol. The van der Waals surface area contributed by atoms with Crippen LogP contribution in [0.4, 0.5) is 0 Å². The van der Waals surface area contributed by atoms with E-state index in [-0.39, 0.29) is 5.56 Å². The van der Waals surface area contributed by atoms with Crippen LogP contribution in [0.5, 0.6) is 0 Å². The van der Waals surface area contributed by atoms with Gasteiger partial charge < -0.3 is 10.1 Å². The second-order valence-electron chi connectivity index (χ2n) is 6.19. The summed E-state index contributed by atoms with van der Waals surface area (Å²) in [5, 5.41) is 18.6. The minimum Gasteiger partial charge on any atom is -0.387 e. The summed E-state index contributed by atoms with van der Waals surface area (Å²) in [5.41, 5.74) is 2.17. The number of aliphatic hydroxyl groups is 1. The van der Waals surface area contributed by atoms with Gasteiger partial charge in [-0.2, -0.15) is 10.2 Å². The highest BCUT2D eigenvalue weighted by molar-refractivity contribution is 5.72. The molecule has 3 aromatic rings. The van der Waals surface area contributed by atoms with E-state index in [0.717, 1.165) is 18.8 Å². The normalized spacial score (nSPS) is 16.5. The van der Waals surface area contributed by atoms with Crippen molar-refractivity contribution in [3.05, 3.63) is 39.8 Å². The lowest BCUT2D eigenvalue weighted by Gasteiger charge is -2.26. The third-order valence-electron chi connectivity index (χ3n) is 4.35. The molecule has 0 aromatic carbocycles. The molecule has 9 heteroatoms. The van der Waals surface area contributed by atoms with Crippen molar-refractivity contribution in [3.63, 3.8) is 0 Å². The number of aromatic nitrogens is 6. The topological polar surface area (TPSA) is 105 Å². The molecule has 9 nitrogen and oxygen atoms in total. The molecule has 3 aromatic heterocycles. The Bertz CT molecular complexity index is 953. The van der Waals surface area contributed by atoms with Crippen LogP contribution in [0.2, 0.25) is 0 Å². The van der Waals surface area contributed by atoms with Crippen molar-refractivity contribution in [2.75, 3.05) is 6.54 Å². The zero-order valence-electron chi connectivity index (χ0n) is 13.6. The van der Waals surface area contributed by atoms with Crippen LogP contribution >= 0.6 is 0 Å². The van der Waals surface area contributed by atoms with Crippen molar-refractivity contribution in [2.24, 2.45) is 7.05 Å². The van der Waals surface area contributed by atoms with Crippen molar-refractivity contribution in [1.29, 1.82) is 0 Å². The number of rotatable bonds is 3. The van der Waals surface area contributed by atoms with Crippen LogP contribution in [0.25, 0.3) is 11.0 Å². The van der Waals surface area contributed by atoms with E-state index in [1.807, 2.05) is 10.7 Å². The third-order valence-corrected chi connectivity index (χ3v) is 4.35. The Balaban J connectivity index is 1.58. The molecule has 0 aliphatic carbocycles. The van der Waals surface area contributed by atoms with Crippen LogP contribution in [-0.2, 0) is 26.7 Å². The molecule has 0 saturated carbocycles. The molecule has 126 valence electrons. The van der Waals surface area contributed by atoms with Crippen molar-refractivity contribution in [2.45, 2.75) is 32.7 Å². The zero-order chi connectivity index (χ0) is 16.8. The first-order chi connectivity index (χ1) is 11.5. The van der Waals surface area contributed by atoms with Gasteiger partial charge in [0, 0.05) is 20.1 Å². The summed E-state index contributed by atoms with van der Waals surface area (Å²) in [4.78, 5) is 21.7. The Labute approximate surface area is 137 Å². The van der Waals surface area contributed by atoms with Crippen LogP contribution in [0.3, 0.4) is 0 Å². The molecule has 24 heavy (non-hydrogen) atoms. The van der Waals surface area contributed by atoms with E-state index in [1.54, 1.807) is 18.7 Å². The predicted octanol–water partition coefficient (Wildman–Crippen LogP) is -0.0778. The molecule has 0 fully saturated rings. The average molecular weight is 329 g/mol. The van der Waals surface area contributed by atoms with Gasteiger partial charge in [0.25, 0.3) is 5.56 Å². The van der Waals surface area contributed by atoms with Crippen LogP contribution in [0.15, 0.2) is 17.1 Å². The molecule has 1 atom stereocenters. The third kappa shape index (κ3) is 2.51. The van der Waals surface area contributed by atoms with E-state index in [1.165, 1.54) is 6.20 Å². The molecule has 1 unspecified atom stereocenters. The number of fused-ring (bicyclic) bond motifs is 2. The highest BCUT2D eigenvalue weighted by atomic mass is 16.3. The molecule has 0 bridgehead atoms. The Morgan fingerprint density at radius 2 is 2.25 bits per heavy atom. The fraction of sp³-hybridized carbons (Fsp3) is 0.467. The number of aromatic amines is 1. The maximum absolute atomic E-state index is 12.1. The molecule has 1 aliphatic rings. The number of aliphatic hydroxyl groups excluding tert-OH is 1. The zero-order valence-corrected chi connectivity index (χ0v) is 13.6. The number of hydrogen-bond donors (Lipinski definition) is 2. The van der Waals surface area contributed by atoms with Gasteiger partial charge in [-0.05, 0) is 13.0 Å². The number of H-pyrrole nitrogens is 1. The van der Waals surface area contributed by atoms with Crippen molar-refractivity contribution >= 4 is 11.0 Å². The second kappa shape index (κ2) is 5.53. The van der Waals surface area contributed by atoms with Gasteiger partial charge >= 0.3 is 0 Å². The van der Waals surface area contributed by atoms with E-state index in [9.17, 15) is 9.90 Å². The van der Waals surface area contributed by atoms with Gasteiger partial charge in [0.1, 0.15) is 11.2 Å². The molecule has 0 radical (unpaired) electrons. The van der Waals surface area contributed by atoms with E-state index in [4.69, 9.17) is 0 Å². The first-order valence-electron chi connectivity index (χ1n) is 7.89. The maximum Gasteiger partial charge on any atom is 0.262 e. The molecule has 0 spiro atoms. The quantitative estimate of drug-likeness (QED) is 0.696. The molecule has 2 N–H and O–H groups in total. The van der Waals surface area contributed by atoms with Gasteiger partial charge in [0.05, 0.1) is 36.8 Å². The number of nitrogens with one attached hydrogen (secondary N) is 1. The number of aryl methyl sites for hydroxylation is 1. The van der Waals surface area contributed by atoms with Crippen LogP contribution in [0, 0.1) is 0 Å². The number of nitrogens with zero attached hydrogens (tertiary/aromatic N) is 6. The summed E-state index contributed by atoms with van der Waals surface area (Å²) < 4.78 is 3.54. The first kappa shape index (κ1) is 15.0. The average Bonchev–Trinajstić information content (AvgIpc) is 3.12. The fourth-order valence-electron chi connectivity index (χ4n) is 3.05. The van der Waals surface area contributed by atoms with Crippen molar-refractivity contribution in [1.82, 2.24) is 34.4 Å². The summed E-state index contributed by atoms with van der Waals surface area (Å²) in [7, 11) is 1.77. The molecule has 4 heterocycles. The van der Waals surface area contributed by atoms with Gasteiger partial charge in [0.2, 0.25) is 0 Å². The minimum absolute atomic E-state index is 0.165. The lowest BCUT2D eigenvalue weighted by atomic mass is 10.2. The molecular weight excluding hydrogens is 310 g/mol. The van der Waals surface area contributed by atoms with Gasteiger partial charge in [-0.3, -0.25) is 19.1 Å². The van der Waals surface area contributed by atoms with E-state index < -0.39 is 6.10 Å². The van der Waals surface area contributed by atoms with Gasteiger partial charge in [0.15, 0.2) is 5.65 Å². The van der Waals surface area contributed by atoms with E-state index in [0.29, 0.717) is 35.6 Å². The van der Waals surface area contributed by atoms with Gasteiger partial charge in [-0.1, -0.05) is 0 Å². The highest BCUT2D eigenvalue weighted by Crippen LogP contribution is 2.18. The monoisotopic (exact) mass is 329 g/mol. The van der Waals surface area contributed by atoms with Gasteiger partial charge in [-0.15, -0.1) is 0 Å². The lowest BCUT2D eigenvalue weighted by molar-refractivity contribution is 0.188. The van der Waals surface area contributed by atoms with Crippen LogP contribution < -0.4 is 5.56 Å². The van der Waals surface area contributed by atoms with Crippen LogP contribution in [0.1, 0.15) is 30.2 Å². The second-order valence-corrected chi connectivity index (χ2v) is 6.19. The maximum atomic E-state index is 12.1. The summed E-state index contributed by atoms with van der Waals surface area (Å²) in [5.74, 6) is 0.625. The molecule has 4 rings (SSSR count). The summed E-state index contributed by atoms with van der Waals surface area (Å²) in [6, 6.07) is 1.93. The largest absolute Gasteiger partial charge is 0.387 e. The smallest absolute Gasteiger partial charge is 0.262 e. The summed E-state index contributed by atoms with van der Waals surface area (Å²) >= 11 is 0. The SMILES string of the molecule is CC(O)c1cc2n(n1)CCN(Cc1nc3c(cnn3C)c(=O)[nH]1)C2. The van der Waals surface area contributed by atoms with Gasteiger partial charge in [-0.25, -0.2) is 4.98 Å². The summed E-state index contributed by atoms with van der Waals surface area (Å²) in [6.07, 6.45) is 0.962. The van der Waals surface area contributed by atoms with Crippen LogP contribution in [-0.4, -0.2) is 46.1 Å². The Kier molecular flexibility index (Phi) is 3.47. The minimum atomic E-state index is -0.568. The Hall–Kier alpha value is -2.52.